The number of ether oxygens (including phenoxy) is 1. The molecule has 1 amide bonds. The molecule has 0 saturated carbocycles. The first kappa shape index (κ1) is 18.9. The number of hydrogen-bond donors (Lipinski definition) is 3. The van der Waals surface area contributed by atoms with Crippen molar-refractivity contribution in [2.45, 2.75) is 39.7 Å². The Kier molecular flexibility index (Phi) is 6.08. The number of hydrogen-bond acceptors (Lipinski definition) is 7. The molecule has 8 nitrogen and oxygen atoms in total. The number of nitrogens with zero attached hydrogens (tertiary/aromatic N) is 2. The molecule has 0 bridgehead atoms. The fourth-order valence-electron chi connectivity index (χ4n) is 1.46. The van der Waals surface area contributed by atoms with Gasteiger partial charge in [-0.3, -0.25) is 4.79 Å². The van der Waals surface area contributed by atoms with E-state index in [9.17, 15) is 9.59 Å². The summed E-state index contributed by atoms with van der Waals surface area (Å²) in [5, 5.41) is 2.79. The lowest BCUT2D eigenvalue weighted by molar-refractivity contribution is -0.118. The van der Waals surface area contributed by atoms with Crippen LogP contribution >= 0.6 is 15.9 Å². The van der Waals surface area contributed by atoms with Crippen molar-refractivity contribution in [3.63, 3.8) is 0 Å². The maximum absolute atomic E-state index is 12.0. The second-order valence-corrected chi connectivity index (χ2v) is 6.26. The van der Waals surface area contributed by atoms with Crippen LogP contribution in [-0.4, -0.2) is 27.4 Å². The molecule has 5 N–H and O–H groups in total. The highest BCUT2D eigenvalue weighted by molar-refractivity contribution is 9.10. The predicted octanol–water partition coefficient (Wildman–Crippen LogP) is 1.77. The van der Waals surface area contributed by atoms with E-state index in [0.29, 0.717) is 0 Å². The molecule has 0 atom stereocenters. The molecule has 9 heteroatoms. The van der Waals surface area contributed by atoms with Gasteiger partial charge in [0.25, 0.3) is 0 Å². The van der Waals surface area contributed by atoms with Gasteiger partial charge in [-0.05, 0) is 43.1 Å². The Morgan fingerprint density at radius 2 is 1.91 bits per heavy atom. The number of esters is 1. The third-order valence-electron chi connectivity index (χ3n) is 3.03. The van der Waals surface area contributed by atoms with Crippen molar-refractivity contribution >= 4 is 39.4 Å². The van der Waals surface area contributed by atoms with Gasteiger partial charge in [-0.15, -0.1) is 0 Å². The number of nitrogens with one attached hydrogen (secondary N) is 1. The van der Waals surface area contributed by atoms with E-state index in [1.54, 1.807) is 0 Å². The van der Waals surface area contributed by atoms with Gasteiger partial charge in [0.1, 0.15) is 10.4 Å². The number of halogens is 1. The maximum Gasteiger partial charge on any atom is 0.365 e. The highest BCUT2D eigenvalue weighted by atomic mass is 79.9. The Morgan fingerprint density at radius 3 is 2.48 bits per heavy atom. The summed E-state index contributed by atoms with van der Waals surface area (Å²) in [4.78, 5) is 31.5. The smallest absolute Gasteiger partial charge is 0.365 e. The quantitative estimate of drug-likeness (QED) is 0.399. The van der Waals surface area contributed by atoms with Crippen LogP contribution in [0.4, 0.5) is 11.6 Å². The van der Waals surface area contributed by atoms with E-state index in [1.807, 2.05) is 20.8 Å². The van der Waals surface area contributed by atoms with E-state index in [2.05, 4.69) is 31.2 Å². The molecule has 1 rings (SSSR count). The number of carbonyl (C=O) groups is 2. The lowest BCUT2D eigenvalue weighted by Gasteiger charge is -2.23. The first-order valence-corrected chi connectivity index (χ1v) is 7.66. The van der Waals surface area contributed by atoms with Gasteiger partial charge in [0, 0.05) is 11.6 Å². The summed E-state index contributed by atoms with van der Waals surface area (Å²) in [7, 11) is 0. The van der Waals surface area contributed by atoms with Gasteiger partial charge in [-0.2, -0.15) is 0 Å². The number of nitrogens with two attached hydrogens (primary N) is 2. The molecule has 0 aliphatic rings. The molecule has 0 saturated heterocycles. The second kappa shape index (κ2) is 7.40. The molecule has 0 aliphatic heterocycles. The van der Waals surface area contributed by atoms with Crippen molar-refractivity contribution in [3.8, 4) is 0 Å². The van der Waals surface area contributed by atoms with Gasteiger partial charge < -0.3 is 21.5 Å². The highest BCUT2D eigenvalue weighted by Crippen LogP contribution is 2.19. The molecular formula is C14H20BrN5O3. The van der Waals surface area contributed by atoms with E-state index in [4.69, 9.17) is 16.2 Å². The van der Waals surface area contributed by atoms with Gasteiger partial charge in [0.15, 0.2) is 17.3 Å². The molecule has 1 heterocycles. The molecule has 1 aromatic heterocycles. The van der Waals surface area contributed by atoms with Gasteiger partial charge >= 0.3 is 5.97 Å². The number of rotatable bonds is 5. The zero-order chi connectivity index (χ0) is 17.8. The summed E-state index contributed by atoms with van der Waals surface area (Å²) in [5.41, 5.74) is 10.6. The van der Waals surface area contributed by atoms with Crippen LogP contribution in [-0.2, 0) is 9.53 Å². The summed E-state index contributed by atoms with van der Waals surface area (Å²) < 4.78 is 5.23. The van der Waals surface area contributed by atoms with Crippen molar-refractivity contribution < 1.29 is 14.3 Å². The Bertz CT molecular complexity index is 658. The third kappa shape index (κ3) is 5.51. The molecule has 0 aromatic carbocycles. The first-order chi connectivity index (χ1) is 10.6. The minimum atomic E-state index is -0.827. The number of aromatic nitrogens is 2. The number of carbonyl (C=O) groups excluding carboxylic acids is 2. The Hall–Kier alpha value is -2.16. The number of allylic oxidation sites excluding steroid dienone is 1. The molecule has 0 aliphatic carbocycles. The highest BCUT2D eigenvalue weighted by Gasteiger charge is 2.19. The van der Waals surface area contributed by atoms with E-state index in [0.717, 1.165) is 6.42 Å². The zero-order valence-corrected chi connectivity index (χ0v) is 15.0. The van der Waals surface area contributed by atoms with Gasteiger partial charge in [-0.1, -0.05) is 6.92 Å². The third-order valence-corrected chi connectivity index (χ3v) is 3.62. The summed E-state index contributed by atoms with van der Waals surface area (Å²) in [6.07, 6.45) is 1.95. The topological polar surface area (TPSA) is 133 Å². The Labute approximate surface area is 142 Å². The van der Waals surface area contributed by atoms with Crippen LogP contribution < -0.4 is 16.8 Å². The van der Waals surface area contributed by atoms with Crippen LogP contribution in [0.25, 0.3) is 0 Å². The molecule has 1 aromatic rings. The molecule has 23 heavy (non-hydrogen) atoms. The van der Waals surface area contributed by atoms with Crippen LogP contribution in [0.3, 0.4) is 0 Å². The van der Waals surface area contributed by atoms with Crippen LogP contribution in [0.1, 0.15) is 44.6 Å². The van der Waals surface area contributed by atoms with Crippen molar-refractivity contribution in [1.29, 1.82) is 0 Å². The SMILES string of the molecule is CCC(C)(C)NC(=O)/C=C(\C)OC(=O)c1nc(Br)c(N)nc1N. The van der Waals surface area contributed by atoms with Crippen LogP contribution in [0.2, 0.25) is 0 Å². The zero-order valence-electron chi connectivity index (χ0n) is 13.4. The standard InChI is InChI=1S/C14H20BrN5O3/c1-5-14(3,4)20-8(21)6-7(2)23-13(22)9-11(16)19-12(17)10(15)18-9/h6H,5H2,1-4H3,(H,20,21)(H4,16,17,19)/b7-6+. The van der Waals surface area contributed by atoms with Gasteiger partial charge in [0.05, 0.1) is 0 Å². The minimum absolute atomic E-state index is 0.0625. The molecule has 0 radical (unpaired) electrons. The predicted molar refractivity (Wildman–Crippen MR) is 90.2 cm³/mol. The van der Waals surface area contributed by atoms with Crippen molar-refractivity contribution in [1.82, 2.24) is 15.3 Å². The van der Waals surface area contributed by atoms with Crippen LogP contribution in [0, 0.1) is 0 Å². The molecule has 0 fully saturated rings. The van der Waals surface area contributed by atoms with Crippen molar-refractivity contribution in [3.05, 3.63) is 22.1 Å². The van der Waals surface area contributed by atoms with Gasteiger partial charge in [0.2, 0.25) is 5.91 Å². The van der Waals surface area contributed by atoms with Crippen LogP contribution in [0.15, 0.2) is 16.4 Å². The first-order valence-electron chi connectivity index (χ1n) is 6.87. The number of amides is 1. The Balaban J connectivity index is 2.83. The molecule has 0 unspecified atom stereocenters. The number of nitrogen functional groups attached to an aromatic ring is 2. The minimum Gasteiger partial charge on any atom is -0.426 e. The van der Waals surface area contributed by atoms with E-state index in [1.165, 1.54) is 13.0 Å². The summed E-state index contributed by atoms with van der Waals surface area (Å²) in [6, 6.07) is 0. The second-order valence-electron chi connectivity index (χ2n) is 5.50. The summed E-state index contributed by atoms with van der Waals surface area (Å²) >= 11 is 3.06. The van der Waals surface area contributed by atoms with Gasteiger partial charge in [-0.25, -0.2) is 14.8 Å². The normalized spacial score (nSPS) is 12.0. The fraction of sp³-hybridized carbons (Fsp3) is 0.429. The van der Waals surface area contributed by atoms with E-state index >= 15 is 0 Å². The maximum atomic E-state index is 12.0. The van der Waals surface area contributed by atoms with Crippen LogP contribution in [0.5, 0.6) is 0 Å². The lowest BCUT2D eigenvalue weighted by Crippen LogP contribution is -2.42. The monoisotopic (exact) mass is 385 g/mol. The molecule has 126 valence electrons. The van der Waals surface area contributed by atoms with E-state index in [-0.39, 0.29) is 39.1 Å². The molecule has 0 spiro atoms. The fourth-order valence-corrected chi connectivity index (χ4v) is 1.72. The summed E-state index contributed by atoms with van der Waals surface area (Å²) in [6.45, 7) is 7.22. The van der Waals surface area contributed by atoms with E-state index < -0.39 is 5.97 Å². The Morgan fingerprint density at radius 1 is 1.30 bits per heavy atom. The van der Waals surface area contributed by atoms with Crippen molar-refractivity contribution in [2.75, 3.05) is 11.5 Å². The average molecular weight is 386 g/mol. The largest absolute Gasteiger partial charge is 0.426 e. The lowest BCUT2D eigenvalue weighted by atomic mass is 10.0. The van der Waals surface area contributed by atoms with Crippen molar-refractivity contribution in [2.24, 2.45) is 0 Å². The average Bonchev–Trinajstić information content (AvgIpc) is 2.41. The number of anilines is 2. The molecular weight excluding hydrogens is 366 g/mol. The summed E-state index contributed by atoms with van der Waals surface area (Å²) in [5.74, 6) is -1.17.